The summed E-state index contributed by atoms with van der Waals surface area (Å²) in [5, 5.41) is 0. The normalized spacial score (nSPS) is 5.90. The summed E-state index contributed by atoms with van der Waals surface area (Å²) in [6.07, 6.45) is 0. The third-order valence-corrected chi connectivity index (χ3v) is 0. The molecule has 0 radical (unpaired) electrons. The van der Waals surface area contributed by atoms with E-state index in [0.29, 0.717) is 0 Å². The van der Waals surface area contributed by atoms with Crippen molar-refractivity contribution in [3.63, 3.8) is 0 Å². The van der Waals surface area contributed by atoms with Crippen LogP contribution in [0.25, 0.3) is 0 Å². The van der Waals surface area contributed by atoms with Gasteiger partial charge in [-0.2, -0.15) is 0 Å². The molecule has 0 aliphatic heterocycles. The van der Waals surface area contributed by atoms with Crippen LogP contribution < -0.4 is 0 Å². The first kappa shape index (κ1) is 151. The van der Waals surface area contributed by atoms with Crippen molar-refractivity contribution in [2.45, 2.75) is 0 Å². The van der Waals surface area contributed by atoms with E-state index >= 15 is 0 Å². The molecular weight excluding hydrogens is 546 g/mol. The Labute approximate surface area is 233 Å². The van der Waals surface area contributed by atoms with Crippen molar-refractivity contribution < 1.29 is 123 Å². The van der Waals surface area contributed by atoms with Crippen LogP contribution in [-0.4, -0.2) is 198 Å². The van der Waals surface area contributed by atoms with Gasteiger partial charge in [0.1, 0.15) is 0 Å². The van der Waals surface area contributed by atoms with Gasteiger partial charge in [-0.05, 0) is 0 Å². The third-order valence-electron chi connectivity index (χ3n) is 0. The van der Waals surface area contributed by atoms with Crippen molar-refractivity contribution in [3.05, 3.63) is 0 Å². The van der Waals surface area contributed by atoms with Crippen molar-refractivity contribution in [1.29, 1.82) is 0 Å². The fraction of sp³-hybridized carbons (Fsp3) is 0. The summed E-state index contributed by atoms with van der Waals surface area (Å²) >= 11 is 0. The Morgan fingerprint density at radius 2 is 0.267 bits per heavy atom. The fourth-order valence-corrected chi connectivity index (χ4v) is 0. The standard InChI is InChI=1S/3Na.3H3O4P.12H2O.3H/c;;;3*1-5(2,3)4;;;;;;;;;;;;;;;/h;;;3*(H3,1,2,3,4);12*1H2;;;. The second-order valence-corrected chi connectivity index (χ2v) is 4.62. The summed E-state index contributed by atoms with van der Waals surface area (Å²) in [6.45, 7) is 0. The molecule has 0 aliphatic rings. The van der Waals surface area contributed by atoms with Gasteiger partial charge in [0.2, 0.25) is 0 Å². The third kappa shape index (κ3) is 3380. The van der Waals surface area contributed by atoms with E-state index in [1.54, 1.807) is 0 Å². The molecule has 0 saturated carbocycles. The summed E-state index contributed by atoms with van der Waals surface area (Å²) < 4.78 is 26.6. The Morgan fingerprint density at radius 3 is 0.267 bits per heavy atom. The second-order valence-electron chi connectivity index (χ2n) is 1.54. The zero-order chi connectivity index (χ0) is 13.5. The van der Waals surface area contributed by atoms with Gasteiger partial charge in [0.15, 0.2) is 0 Å². The van der Waals surface area contributed by atoms with E-state index in [1.165, 1.54) is 0 Å². The van der Waals surface area contributed by atoms with Crippen LogP contribution in [0.2, 0.25) is 0 Å². The van der Waals surface area contributed by atoms with Gasteiger partial charge in [0, 0.05) is 0 Å². The zero-order valence-corrected chi connectivity index (χ0v) is 15.3. The molecule has 198 valence electrons. The predicted molar refractivity (Wildman–Crippen MR) is 108 cm³/mol. The molecular formula is H36Na3O24P3. The van der Waals surface area contributed by atoms with E-state index in [0.717, 1.165) is 0 Å². The molecule has 0 aromatic heterocycles. The molecule has 0 atom stereocenters. The maximum atomic E-state index is 8.88. The molecule has 30 heavy (non-hydrogen) atoms. The average Bonchev–Trinajstić information content (AvgIpc) is 1.41. The first-order valence-corrected chi connectivity index (χ1v) is 7.04. The second kappa shape index (κ2) is 69.7. The number of hydrogen-bond donors (Lipinski definition) is 9. The topological polar surface area (TPSA) is 611 Å². The van der Waals surface area contributed by atoms with E-state index in [1.807, 2.05) is 0 Å². The van der Waals surface area contributed by atoms with E-state index in [4.69, 9.17) is 57.7 Å². The molecule has 0 fully saturated rings. The summed E-state index contributed by atoms with van der Waals surface area (Å²) in [6, 6.07) is 0. The summed E-state index contributed by atoms with van der Waals surface area (Å²) in [5.74, 6) is 0. The summed E-state index contributed by atoms with van der Waals surface area (Å²) in [7, 11) is -13.9. The quantitative estimate of drug-likeness (QED) is 0.0949. The maximum absolute atomic E-state index is 8.88. The Kier molecular flexibility index (Phi) is 351. The van der Waals surface area contributed by atoms with E-state index in [9.17, 15) is 0 Å². The van der Waals surface area contributed by atoms with Gasteiger partial charge >= 0.3 is 112 Å². The van der Waals surface area contributed by atoms with E-state index in [-0.39, 0.29) is 154 Å². The van der Waals surface area contributed by atoms with Gasteiger partial charge < -0.3 is 110 Å². The summed E-state index contributed by atoms with van der Waals surface area (Å²) in [4.78, 5) is 64.7. The molecule has 0 aliphatic carbocycles. The van der Waals surface area contributed by atoms with Crippen molar-refractivity contribution in [1.82, 2.24) is 0 Å². The molecule has 0 spiro atoms. The molecule has 0 aromatic rings. The molecule has 0 rings (SSSR count). The zero-order valence-electron chi connectivity index (χ0n) is 12.6. The van der Waals surface area contributed by atoms with Crippen LogP contribution in [-0.2, 0) is 13.7 Å². The first-order valence-electron chi connectivity index (χ1n) is 2.35. The van der Waals surface area contributed by atoms with Crippen molar-refractivity contribution in [3.8, 4) is 0 Å². The first-order chi connectivity index (χ1) is 6.00. The van der Waals surface area contributed by atoms with Crippen LogP contribution in [0.1, 0.15) is 0 Å². The minimum atomic E-state index is -4.64. The monoisotopic (exact) mass is 582 g/mol. The fourth-order valence-electron chi connectivity index (χ4n) is 0. The Bertz CT molecular complexity index is 214. The molecule has 0 unspecified atom stereocenters. The Morgan fingerprint density at radius 1 is 0.267 bits per heavy atom. The van der Waals surface area contributed by atoms with Gasteiger partial charge in [-0.25, -0.2) is 13.7 Å². The predicted octanol–water partition coefficient (Wildman–Crippen LogP) is -14.6. The van der Waals surface area contributed by atoms with Gasteiger partial charge in [0.25, 0.3) is 0 Å². The summed E-state index contributed by atoms with van der Waals surface area (Å²) in [5.41, 5.74) is 0. The molecule has 0 saturated heterocycles. The van der Waals surface area contributed by atoms with Crippen LogP contribution in [0.15, 0.2) is 0 Å². The molecule has 0 amide bonds. The van der Waals surface area contributed by atoms with E-state index < -0.39 is 23.5 Å². The Balaban J connectivity index is -0.00000000360. The molecule has 24 nitrogen and oxygen atoms in total. The molecule has 0 heterocycles. The number of rotatable bonds is 0. The van der Waals surface area contributed by atoms with E-state index in [2.05, 4.69) is 0 Å². The molecule has 0 aromatic carbocycles. The van der Waals surface area contributed by atoms with Crippen LogP contribution in [0, 0.1) is 0 Å². The molecule has 30 heteroatoms. The number of hydrogen-bond acceptors (Lipinski definition) is 3. The van der Waals surface area contributed by atoms with Crippen molar-refractivity contribution in [2.24, 2.45) is 0 Å². The van der Waals surface area contributed by atoms with Crippen LogP contribution in [0.5, 0.6) is 0 Å². The molecule has 33 N–H and O–H groups in total. The van der Waals surface area contributed by atoms with Crippen LogP contribution >= 0.6 is 23.5 Å². The van der Waals surface area contributed by atoms with Gasteiger partial charge in [-0.1, -0.05) is 0 Å². The van der Waals surface area contributed by atoms with Crippen molar-refractivity contribution in [2.75, 3.05) is 0 Å². The Hall–Kier alpha value is 2.85. The number of phosphoric acid groups is 3. The van der Waals surface area contributed by atoms with Crippen LogP contribution in [0.3, 0.4) is 0 Å². The SMILES string of the molecule is O.O.O.O.O.O.O.O.O.O.O.O.O=P(O)(O)O.O=P(O)(O)O.O=P(O)(O)O.[NaH].[NaH].[NaH]. The van der Waals surface area contributed by atoms with Gasteiger partial charge in [-0.3, -0.25) is 0 Å². The average molecular weight is 582 g/mol. The van der Waals surface area contributed by atoms with Gasteiger partial charge in [-0.15, -0.1) is 0 Å². The molecule has 0 bridgehead atoms. The minimum absolute atomic E-state index is 0. The van der Waals surface area contributed by atoms with Gasteiger partial charge in [0.05, 0.1) is 0 Å². The van der Waals surface area contributed by atoms with Crippen molar-refractivity contribution >= 4 is 112 Å². The van der Waals surface area contributed by atoms with Crippen LogP contribution in [0.4, 0.5) is 0 Å².